The summed E-state index contributed by atoms with van der Waals surface area (Å²) in [6.07, 6.45) is 7.85. The van der Waals surface area contributed by atoms with Gasteiger partial charge >= 0.3 is 0 Å². The van der Waals surface area contributed by atoms with Gasteiger partial charge in [-0.05, 0) is 65.6 Å². The molecule has 0 radical (unpaired) electrons. The van der Waals surface area contributed by atoms with Crippen molar-refractivity contribution in [2.75, 3.05) is 27.2 Å². The van der Waals surface area contributed by atoms with Crippen LogP contribution in [0.25, 0.3) is 0 Å². The van der Waals surface area contributed by atoms with Crippen LogP contribution in [0.3, 0.4) is 0 Å². The molecule has 2 N–H and O–H groups in total. The number of rotatable bonds is 7. The average Bonchev–Trinajstić information content (AvgIpc) is 2.44. The van der Waals surface area contributed by atoms with Gasteiger partial charge in [-0.2, -0.15) is 0 Å². The lowest BCUT2D eigenvalue weighted by Crippen LogP contribution is -2.47. The van der Waals surface area contributed by atoms with Crippen LogP contribution in [0, 0.1) is 5.92 Å². The van der Waals surface area contributed by atoms with Gasteiger partial charge in [0.25, 0.3) is 0 Å². The lowest BCUT2D eigenvalue weighted by molar-refractivity contribution is 0.125. The molecule has 0 amide bonds. The Morgan fingerprint density at radius 1 is 1.28 bits per heavy atom. The van der Waals surface area contributed by atoms with Gasteiger partial charge in [0, 0.05) is 11.6 Å². The van der Waals surface area contributed by atoms with E-state index in [1.54, 1.807) is 0 Å². The number of aliphatic hydroxyl groups excluding tert-OH is 1. The molecule has 0 aliphatic heterocycles. The van der Waals surface area contributed by atoms with E-state index < -0.39 is 0 Å². The molecule has 0 bridgehead atoms. The molecular formula is C15H32N2O. The zero-order chi connectivity index (χ0) is 13.6. The molecule has 1 saturated carbocycles. The molecule has 1 aliphatic rings. The number of hydrogen-bond donors (Lipinski definition) is 2. The van der Waals surface area contributed by atoms with Gasteiger partial charge in [-0.3, -0.25) is 0 Å². The third-order valence-electron chi connectivity index (χ3n) is 4.99. The van der Waals surface area contributed by atoms with Crippen LogP contribution in [0.2, 0.25) is 0 Å². The second-order valence-corrected chi connectivity index (χ2v) is 6.28. The maximum Gasteiger partial charge on any atom is 0.0610 e. The zero-order valence-corrected chi connectivity index (χ0v) is 12.7. The molecule has 0 aromatic rings. The number of nitrogens with one attached hydrogen (secondary N) is 1. The molecule has 1 rings (SSSR count). The second-order valence-electron chi connectivity index (χ2n) is 6.28. The van der Waals surface area contributed by atoms with Crippen LogP contribution in [0.4, 0.5) is 0 Å². The quantitative estimate of drug-likeness (QED) is 0.733. The first-order valence-electron chi connectivity index (χ1n) is 7.54. The Morgan fingerprint density at radius 2 is 1.89 bits per heavy atom. The van der Waals surface area contributed by atoms with E-state index in [-0.39, 0.29) is 12.1 Å². The Labute approximate surface area is 113 Å². The summed E-state index contributed by atoms with van der Waals surface area (Å²) in [7, 11) is 4.17. The van der Waals surface area contributed by atoms with Gasteiger partial charge in [-0.1, -0.05) is 13.3 Å². The molecule has 0 saturated heterocycles. The van der Waals surface area contributed by atoms with Crippen LogP contribution < -0.4 is 5.32 Å². The van der Waals surface area contributed by atoms with E-state index in [2.05, 4.69) is 31.1 Å². The summed E-state index contributed by atoms with van der Waals surface area (Å²) >= 11 is 0. The molecule has 1 fully saturated rings. The normalized spacial score (nSPS) is 28.3. The Morgan fingerprint density at radius 3 is 2.33 bits per heavy atom. The van der Waals surface area contributed by atoms with E-state index in [9.17, 15) is 5.11 Å². The molecule has 0 spiro atoms. The number of hydrogen-bond acceptors (Lipinski definition) is 3. The summed E-state index contributed by atoms with van der Waals surface area (Å²) in [6.45, 7) is 5.68. The summed E-state index contributed by atoms with van der Waals surface area (Å²) in [5, 5.41) is 12.6. The van der Waals surface area contributed by atoms with Gasteiger partial charge < -0.3 is 15.3 Å². The molecule has 1 aliphatic carbocycles. The molecule has 0 aromatic carbocycles. The maximum absolute atomic E-state index is 9.39. The van der Waals surface area contributed by atoms with E-state index in [0.29, 0.717) is 0 Å². The van der Waals surface area contributed by atoms with Crippen LogP contribution in [0.5, 0.6) is 0 Å². The molecule has 3 nitrogen and oxygen atoms in total. The van der Waals surface area contributed by atoms with Crippen LogP contribution in [0.15, 0.2) is 0 Å². The van der Waals surface area contributed by atoms with Crippen molar-refractivity contribution in [1.82, 2.24) is 10.2 Å². The number of nitrogens with zero attached hydrogens (tertiary/aromatic N) is 1. The van der Waals surface area contributed by atoms with Crippen molar-refractivity contribution < 1.29 is 5.11 Å². The van der Waals surface area contributed by atoms with Gasteiger partial charge in [0.1, 0.15) is 0 Å². The van der Waals surface area contributed by atoms with Gasteiger partial charge in [0.05, 0.1) is 6.61 Å². The van der Waals surface area contributed by atoms with Crippen LogP contribution >= 0.6 is 0 Å². The molecule has 0 heterocycles. The predicted octanol–water partition coefficient (Wildman–Crippen LogP) is 2.25. The minimum Gasteiger partial charge on any atom is -0.394 e. The predicted molar refractivity (Wildman–Crippen MR) is 77.8 cm³/mol. The fourth-order valence-corrected chi connectivity index (χ4v) is 2.88. The molecule has 1 atom stereocenters. The fraction of sp³-hybridized carbons (Fsp3) is 1.00. The van der Waals surface area contributed by atoms with Crippen molar-refractivity contribution in [2.45, 2.75) is 64.0 Å². The summed E-state index contributed by atoms with van der Waals surface area (Å²) in [4.78, 5) is 2.50. The largest absolute Gasteiger partial charge is 0.394 e. The fourth-order valence-electron chi connectivity index (χ4n) is 2.88. The third kappa shape index (κ3) is 4.52. The lowest BCUT2D eigenvalue weighted by Gasteiger charge is -2.36. The second kappa shape index (κ2) is 7.46. The van der Waals surface area contributed by atoms with Crippen LogP contribution in [-0.2, 0) is 0 Å². The minimum absolute atomic E-state index is 0.130. The zero-order valence-electron chi connectivity index (χ0n) is 12.7. The Hall–Kier alpha value is -0.120. The van der Waals surface area contributed by atoms with Crippen LogP contribution in [0.1, 0.15) is 52.4 Å². The molecular weight excluding hydrogens is 224 g/mol. The number of likely N-dealkylation sites (N-methyl/N-ethyl adjacent to an activating group) is 1. The third-order valence-corrected chi connectivity index (χ3v) is 4.99. The van der Waals surface area contributed by atoms with Gasteiger partial charge in [-0.15, -0.1) is 0 Å². The lowest BCUT2D eigenvalue weighted by atomic mass is 9.84. The van der Waals surface area contributed by atoms with Crippen molar-refractivity contribution in [2.24, 2.45) is 5.92 Å². The van der Waals surface area contributed by atoms with Crippen molar-refractivity contribution in [3.63, 3.8) is 0 Å². The summed E-state index contributed by atoms with van der Waals surface area (Å²) in [5.41, 5.74) is -0.130. The monoisotopic (exact) mass is 256 g/mol. The molecule has 108 valence electrons. The minimum atomic E-state index is -0.130. The highest BCUT2D eigenvalue weighted by molar-refractivity contribution is 4.84. The highest BCUT2D eigenvalue weighted by Gasteiger charge is 2.26. The molecule has 1 unspecified atom stereocenters. The van der Waals surface area contributed by atoms with E-state index in [1.807, 2.05) is 7.05 Å². The molecule has 3 heteroatoms. The van der Waals surface area contributed by atoms with Crippen molar-refractivity contribution in [1.29, 1.82) is 0 Å². The standard InChI is InChI=1S/C15H32N2O/c1-5-13-6-8-14(9-7-13)17(4)11-10-15(2,12-18)16-3/h13-14,16,18H,5-12H2,1-4H3. The molecule has 18 heavy (non-hydrogen) atoms. The first-order valence-corrected chi connectivity index (χ1v) is 7.54. The summed E-state index contributed by atoms with van der Waals surface area (Å²) in [6, 6.07) is 0.757. The van der Waals surface area contributed by atoms with E-state index in [0.717, 1.165) is 24.9 Å². The topological polar surface area (TPSA) is 35.5 Å². The number of aliphatic hydroxyl groups is 1. The maximum atomic E-state index is 9.39. The van der Waals surface area contributed by atoms with Gasteiger partial charge in [0.15, 0.2) is 0 Å². The van der Waals surface area contributed by atoms with Crippen molar-refractivity contribution in [3.8, 4) is 0 Å². The van der Waals surface area contributed by atoms with Gasteiger partial charge in [-0.25, -0.2) is 0 Å². The SMILES string of the molecule is CCC1CCC(N(C)CCC(C)(CO)NC)CC1. The van der Waals surface area contributed by atoms with Gasteiger partial charge in [0.2, 0.25) is 0 Å². The van der Waals surface area contributed by atoms with E-state index >= 15 is 0 Å². The Balaban J connectivity index is 2.31. The van der Waals surface area contributed by atoms with Crippen molar-refractivity contribution >= 4 is 0 Å². The Kier molecular flexibility index (Phi) is 6.61. The smallest absolute Gasteiger partial charge is 0.0610 e. The first-order chi connectivity index (χ1) is 8.54. The van der Waals surface area contributed by atoms with E-state index in [4.69, 9.17) is 0 Å². The van der Waals surface area contributed by atoms with Crippen molar-refractivity contribution in [3.05, 3.63) is 0 Å². The highest BCUT2D eigenvalue weighted by atomic mass is 16.3. The Bertz CT molecular complexity index is 221. The highest BCUT2D eigenvalue weighted by Crippen LogP contribution is 2.29. The molecule has 0 aromatic heterocycles. The summed E-state index contributed by atoms with van der Waals surface area (Å²) in [5.74, 6) is 0.967. The van der Waals surface area contributed by atoms with Crippen LogP contribution in [-0.4, -0.2) is 48.8 Å². The first kappa shape index (κ1) is 15.9. The van der Waals surface area contributed by atoms with E-state index in [1.165, 1.54) is 32.1 Å². The summed E-state index contributed by atoms with van der Waals surface area (Å²) < 4.78 is 0. The average molecular weight is 256 g/mol.